The van der Waals surface area contributed by atoms with Gasteiger partial charge in [-0.05, 0) is 31.4 Å². The van der Waals surface area contributed by atoms with Crippen LogP contribution in [0.15, 0.2) is 18.2 Å². The van der Waals surface area contributed by atoms with E-state index in [1.54, 1.807) is 9.80 Å². The molecule has 6 nitrogen and oxygen atoms in total. The van der Waals surface area contributed by atoms with Gasteiger partial charge < -0.3 is 14.5 Å². The molecule has 0 spiro atoms. The van der Waals surface area contributed by atoms with E-state index < -0.39 is 23.8 Å². The second kappa shape index (κ2) is 7.88. The second-order valence-electron chi connectivity index (χ2n) is 6.58. The number of benzene rings is 1. The molecule has 0 unspecified atom stereocenters. The number of likely N-dealkylation sites (tertiary alicyclic amines) is 1. The van der Waals surface area contributed by atoms with Gasteiger partial charge in [-0.2, -0.15) is 0 Å². The molecule has 0 N–H and O–H groups in total. The van der Waals surface area contributed by atoms with E-state index in [0.717, 1.165) is 18.9 Å². The van der Waals surface area contributed by atoms with Gasteiger partial charge in [-0.3, -0.25) is 9.69 Å². The van der Waals surface area contributed by atoms with Crippen LogP contribution in [0.5, 0.6) is 0 Å². The van der Waals surface area contributed by atoms with E-state index in [4.69, 9.17) is 4.74 Å². The zero-order chi connectivity index (χ0) is 18.7. The van der Waals surface area contributed by atoms with Gasteiger partial charge in [-0.25, -0.2) is 13.6 Å². The molecule has 3 rings (SSSR count). The summed E-state index contributed by atoms with van der Waals surface area (Å²) in [5.41, 5.74) is 0.340. The van der Waals surface area contributed by atoms with Crippen molar-refractivity contribution in [2.45, 2.75) is 25.3 Å². The Morgan fingerprint density at radius 1 is 1.08 bits per heavy atom. The SMILES string of the molecule is COC(=O)N1CCCC[C@@H]1C(=O)N1CCN(c2ccc(F)cc2F)CC1. The minimum absolute atomic E-state index is 0.0886. The van der Waals surface area contributed by atoms with Crippen molar-refractivity contribution >= 4 is 17.7 Å². The average molecular weight is 367 g/mol. The lowest BCUT2D eigenvalue weighted by molar-refractivity contribution is -0.137. The number of methoxy groups -OCH3 is 1. The Balaban J connectivity index is 1.63. The Kier molecular flexibility index (Phi) is 5.58. The van der Waals surface area contributed by atoms with Crippen molar-refractivity contribution in [3.8, 4) is 0 Å². The maximum absolute atomic E-state index is 13.9. The molecule has 0 aliphatic carbocycles. The van der Waals surface area contributed by atoms with Crippen LogP contribution in [0.2, 0.25) is 0 Å². The third-order valence-corrected chi connectivity index (χ3v) is 5.04. The van der Waals surface area contributed by atoms with Gasteiger partial charge in [0.15, 0.2) is 0 Å². The Bertz CT molecular complexity index is 678. The summed E-state index contributed by atoms with van der Waals surface area (Å²) in [7, 11) is 1.31. The zero-order valence-electron chi connectivity index (χ0n) is 14.8. The number of hydrogen-bond acceptors (Lipinski definition) is 4. The van der Waals surface area contributed by atoms with Crippen LogP contribution >= 0.6 is 0 Å². The van der Waals surface area contributed by atoms with Crippen LogP contribution in [0.4, 0.5) is 19.3 Å². The molecule has 26 heavy (non-hydrogen) atoms. The molecule has 1 atom stereocenters. The highest BCUT2D eigenvalue weighted by atomic mass is 19.1. The molecule has 8 heteroatoms. The number of amides is 2. The van der Waals surface area contributed by atoms with E-state index in [9.17, 15) is 18.4 Å². The summed E-state index contributed by atoms with van der Waals surface area (Å²) in [6.45, 7) is 2.30. The van der Waals surface area contributed by atoms with Crippen LogP contribution in [0.25, 0.3) is 0 Å². The van der Waals surface area contributed by atoms with Gasteiger partial charge >= 0.3 is 6.09 Å². The van der Waals surface area contributed by atoms with Gasteiger partial charge in [-0.1, -0.05) is 0 Å². The van der Waals surface area contributed by atoms with Gasteiger partial charge in [0.2, 0.25) is 5.91 Å². The first-order chi connectivity index (χ1) is 12.5. The summed E-state index contributed by atoms with van der Waals surface area (Å²) < 4.78 is 31.8. The predicted octanol–water partition coefficient (Wildman–Crippen LogP) is 2.23. The first-order valence-electron chi connectivity index (χ1n) is 8.84. The molecular formula is C18H23F2N3O3. The first kappa shape index (κ1) is 18.4. The molecule has 0 bridgehead atoms. The molecule has 1 aromatic rings. The Morgan fingerprint density at radius 3 is 2.46 bits per heavy atom. The summed E-state index contributed by atoms with van der Waals surface area (Å²) >= 11 is 0. The number of anilines is 1. The molecule has 2 aliphatic rings. The first-order valence-corrected chi connectivity index (χ1v) is 8.84. The molecule has 2 aliphatic heterocycles. The monoisotopic (exact) mass is 367 g/mol. The van der Waals surface area contributed by atoms with E-state index in [2.05, 4.69) is 0 Å². The van der Waals surface area contributed by atoms with Crippen LogP contribution in [-0.4, -0.2) is 67.7 Å². The van der Waals surface area contributed by atoms with Gasteiger partial charge in [0.25, 0.3) is 0 Å². The van der Waals surface area contributed by atoms with Crippen molar-refractivity contribution in [2.24, 2.45) is 0 Å². The lowest BCUT2D eigenvalue weighted by Crippen LogP contribution is -2.57. The van der Waals surface area contributed by atoms with Gasteiger partial charge in [-0.15, -0.1) is 0 Å². The number of carbonyl (C=O) groups is 2. The number of piperazine rings is 1. The van der Waals surface area contributed by atoms with Crippen LogP contribution in [0.3, 0.4) is 0 Å². The normalized spacial score (nSPS) is 20.9. The quantitative estimate of drug-likeness (QED) is 0.805. The van der Waals surface area contributed by atoms with Crippen molar-refractivity contribution < 1.29 is 23.1 Å². The molecule has 2 heterocycles. The number of nitrogens with zero attached hydrogens (tertiary/aromatic N) is 3. The highest BCUT2D eigenvalue weighted by molar-refractivity contribution is 5.86. The van der Waals surface area contributed by atoms with Crippen LogP contribution in [0.1, 0.15) is 19.3 Å². The summed E-state index contributed by atoms with van der Waals surface area (Å²) in [6.07, 6.45) is 1.90. The molecule has 2 saturated heterocycles. The molecule has 142 valence electrons. The minimum Gasteiger partial charge on any atom is -0.453 e. The van der Waals surface area contributed by atoms with Crippen LogP contribution in [0, 0.1) is 11.6 Å². The highest BCUT2D eigenvalue weighted by Gasteiger charge is 2.36. The summed E-state index contributed by atoms with van der Waals surface area (Å²) in [6, 6.07) is 3.02. The lowest BCUT2D eigenvalue weighted by Gasteiger charge is -2.40. The largest absolute Gasteiger partial charge is 0.453 e. The fourth-order valence-corrected chi connectivity index (χ4v) is 3.64. The molecule has 2 amide bonds. The Hall–Kier alpha value is -2.38. The maximum atomic E-state index is 13.9. The second-order valence-corrected chi connectivity index (χ2v) is 6.58. The molecule has 0 aromatic heterocycles. The van der Waals surface area contributed by atoms with Gasteiger partial charge in [0.1, 0.15) is 17.7 Å². The Labute approximate surface area is 151 Å². The van der Waals surface area contributed by atoms with Crippen molar-refractivity contribution in [1.29, 1.82) is 0 Å². The minimum atomic E-state index is -0.611. The lowest BCUT2D eigenvalue weighted by atomic mass is 10.0. The number of halogens is 2. The van der Waals surface area contributed by atoms with E-state index in [0.29, 0.717) is 44.8 Å². The third kappa shape index (κ3) is 3.73. The van der Waals surface area contributed by atoms with Crippen LogP contribution < -0.4 is 4.90 Å². The molecular weight excluding hydrogens is 344 g/mol. The van der Waals surface area contributed by atoms with Crippen LogP contribution in [-0.2, 0) is 9.53 Å². The van der Waals surface area contributed by atoms with Crippen molar-refractivity contribution in [3.63, 3.8) is 0 Å². The summed E-state index contributed by atoms with van der Waals surface area (Å²) in [5, 5.41) is 0. The smallest absolute Gasteiger partial charge is 0.410 e. The predicted molar refractivity (Wildman–Crippen MR) is 91.9 cm³/mol. The van der Waals surface area contributed by atoms with E-state index in [1.807, 2.05) is 0 Å². The summed E-state index contributed by atoms with van der Waals surface area (Å²) in [4.78, 5) is 29.8. The molecule has 0 saturated carbocycles. The fraction of sp³-hybridized carbons (Fsp3) is 0.556. The number of piperidine rings is 1. The van der Waals surface area contributed by atoms with Gasteiger partial charge in [0.05, 0.1) is 12.8 Å². The number of hydrogen-bond donors (Lipinski definition) is 0. The number of ether oxygens (including phenoxy) is 1. The van der Waals surface area contributed by atoms with Gasteiger partial charge in [0, 0.05) is 38.8 Å². The van der Waals surface area contributed by atoms with Crippen molar-refractivity contribution in [2.75, 3.05) is 44.7 Å². The fourth-order valence-electron chi connectivity index (χ4n) is 3.64. The third-order valence-electron chi connectivity index (χ3n) is 5.04. The molecule has 2 fully saturated rings. The maximum Gasteiger partial charge on any atom is 0.410 e. The zero-order valence-corrected chi connectivity index (χ0v) is 14.8. The van der Waals surface area contributed by atoms with E-state index in [1.165, 1.54) is 24.1 Å². The number of rotatable bonds is 2. The van der Waals surface area contributed by atoms with Crippen molar-refractivity contribution in [1.82, 2.24) is 9.80 Å². The topological polar surface area (TPSA) is 53.1 Å². The number of carbonyl (C=O) groups excluding carboxylic acids is 2. The van der Waals surface area contributed by atoms with E-state index in [-0.39, 0.29) is 5.91 Å². The van der Waals surface area contributed by atoms with Crippen molar-refractivity contribution in [3.05, 3.63) is 29.8 Å². The Morgan fingerprint density at radius 2 is 1.81 bits per heavy atom. The molecule has 0 radical (unpaired) electrons. The van der Waals surface area contributed by atoms with E-state index >= 15 is 0 Å². The highest BCUT2D eigenvalue weighted by Crippen LogP contribution is 2.24. The molecule has 1 aromatic carbocycles. The summed E-state index contributed by atoms with van der Waals surface area (Å²) in [5.74, 6) is -1.30. The standard InChI is InChI=1S/C18H23F2N3O3/c1-26-18(25)23-7-3-2-4-16(23)17(24)22-10-8-21(9-11-22)15-6-5-13(19)12-14(15)20/h5-6,12,16H,2-4,7-11H2,1H3/t16-/m1/s1. The average Bonchev–Trinajstić information content (AvgIpc) is 2.67.